The lowest BCUT2D eigenvalue weighted by Gasteiger charge is -2.31. The van der Waals surface area contributed by atoms with Gasteiger partial charge in [0.2, 0.25) is 5.91 Å². The highest BCUT2D eigenvalue weighted by Crippen LogP contribution is 2.28. The van der Waals surface area contributed by atoms with Crippen molar-refractivity contribution in [2.24, 2.45) is 5.92 Å². The van der Waals surface area contributed by atoms with Gasteiger partial charge in [0, 0.05) is 25.0 Å². The van der Waals surface area contributed by atoms with Crippen molar-refractivity contribution < 1.29 is 14.3 Å². The van der Waals surface area contributed by atoms with E-state index < -0.39 is 0 Å². The molecule has 0 spiro atoms. The first-order valence-corrected chi connectivity index (χ1v) is 10.6. The summed E-state index contributed by atoms with van der Waals surface area (Å²) >= 11 is 0. The minimum atomic E-state index is -0.128. The van der Waals surface area contributed by atoms with Gasteiger partial charge in [-0.15, -0.1) is 5.10 Å². The molecule has 4 rings (SSSR count). The van der Waals surface area contributed by atoms with Crippen molar-refractivity contribution in [3.05, 3.63) is 46.8 Å². The zero-order valence-electron chi connectivity index (χ0n) is 17.8. The van der Waals surface area contributed by atoms with E-state index in [-0.39, 0.29) is 29.9 Å². The number of rotatable bonds is 4. The average molecular weight is 412 g/mol. The van der Waals surface area contributed by atoms with Crippen molar-refractivity contribution in [1.29, 1.82) is 0 Å². The number of benzene rings is 1. The predicted octanol–water partition coefficient (Wildman–Crippen LogP) is 2.23. The quantitative estimate of drug-likeness (QED) is 0.833. The molecule has 30 heavy (non-hydrogen) atoms. The van der Waals surface area contributed by atoms with Gasteiger partial charge in [-0.05, 0) is 39.2 Å². The standard InChI is InChI=1S/C22H29N5O3/c1-14(2)23-21(28)17-8-10-26(11-9-17)22(29)20-18-13-30-19(12-27(18)25-24-20)16-6-4-15(3)5-7-16/h4-7,14,17,19H,8-13H2,1-3H3,(H,23,28)/t19-/m0/s1. The van der Waals surface area contributed by atoms with Crippen LogP contribution in [0.25, 0.3) is 0 Å². The molecule has 2 aromatic rings. The highest BCUT2D eigenvalue weighted by Gasteiger charge is 2.33. The Morgan fingerprint density at radius 2 is 1.87 bits per heavy atom. The van der Waals surface area contributed by atoms with Crippen LogP contribution < -0.4 is 5.32 Å². The summed E-state index contributed by atoms with van der Waals surface area (Å²) in [7, 11) is 0. The number of ether oxygens (including phenoxy) is 1. The minimum absolute atomic E-state index is 0.0379. The van der Waals surface area contributed by atoms with Crippen LogP contribution in [0, 0.1) is 12.8 Å². The van der Waals surface area contributed by atoms with Crippen LogP contribution in [0.15, 0.2) is 24.3 Å². The summed E-state index contributed by atoms with van der Waals surface area (Å²) in [5.74, 6) is -0.0888. The number of aromatic nitrogens is 3. The molecule has 1 N–H and O–H groups in total. The van der Waals surface area contributed by atoms with Crippen molar-refractivity contribution in [3.8, 4) is 0 Å². The summed E-state index contributed by atoms with van der Waals surface area (Å²) in [5, 5.41) is 11.3. The molecule has 1 aromatic carbocycles. The maximum atomic E-state index is 13.0. The van der Waals surface area contributed by atoms with E-state index >= 15 is 0 Å². The molecule has 1 saturated heterocycles. The summed E-state index contributed by atoms with van der Waals surface area (Å²) in [6, 6.07) is 8.38. The second kappa shape index (κ2) is 8.55. The van der Waals surface area contributed by atoms with E-state index in [0.717, 1.165) is 11.3 Å². The van der Waals surface area contributed by atoms with Gasteiger partial charge in [-0.2, -0.15) is 0 Å². The van der Waals surface area contributed by atoms with Crippen molar-refractivity contribution in [3.63, 3.8) is 0 Å². The molecule has 1 fully saturated rings. The molecule has 160 valence electrons. The van der Waals surface area contributed by atoms with Crippen molar-refractivity contribution in [2.75, 3.05) is 13.1 Å². The predicted molar refractivity (Wildman–Crippen MR) is 111 cm³/mol. The molecule has 1 aromatic heterocycles. The Balaban J connectivity index is 1.39. The lowest BCUT2D eigenvalue weighted by molar-refractivity contribution is -0.126. The Hall–Kier alpha value is -2.74. The van der Waals surface area contributed by atoms with Crippen molar-refractivity contribution in [2.45, 2.75) is 58.9 Å². The SMILES string of the molecule is Cc1ccc([C@@H]2Cn3nnc(C(=O)N4CCC(C(=O)NC(C)C)CC4)c3CO2)cc1. The highest BCUT2D eigenvalue weighted by molar-refractivity contribution is 5.93. The summed E-state index contributed by atoms with van der Waals surface area (Å²) in [6.45, 7) is 7.91. The largest absolute Gasteiger partial charge is 0.365 e. The second-order valence-electron chi connectivity index (χ2n) is 8.51. The summed E-state index contributed by atoms with van der Waals surface area (Å²) in [5.41, 5.74) is 3.39. The number of carbonyl (C=O) groups is 2. The number of hydrogen-bond acceptors (Lipinski definition) is 5. The van der Waals surface area contributed by atoms with Gasteiger partial charge in [0.25, 0.3) is 5.91 Å². The molecular weight excluding hydrogens is 382 g/mol. The van der Waals surface area contributed by atoms with Gasteiger partial charge in [-0.1, -0.05) is 35.0 Å². The Morgan fingerprint density at radius 3 is 2.53 bits per heavy atom. The van der Waals surface area contributed by atoms with E-state index in [2.05, 4.69) is 46.8 Å². The number of fused-ring (bicyclic) bond motifs is 1. The van der Waals surface area contributed by atoms with Crippen molar-refractivity contribution >= 4 is 11.8 Å². The van der Waals surface area contributed by atoms with Gasteiger partial charge in [-0.3, -0.25) is 9.59 Å². The van der Waals surface area contributed by atoms with E-state index in [9.17, 15) is 9.59 Å². The summed E-state index contributed by atoms with van der Waals surface area (Å²) < 4.78 is 7.81. The van der Waals surface area contributed by atoms with Gasteiger partial charge < -0.3 is 15.0 Å². The number of aryl methyl sites for hydroxylation is 1. The third kappa shape index (κ3) is 4.23. The van der Waals surface area contributed by atoms with Crippen LogP contribution in [-0.4, -0.2) is 50.8 Å². The molecule has 0 aliphatic carbocycles. The number of nitrogens with zero attached hydrogens (tertiary/aromatic N) is 4. The molecule has 8 heteroatoms. The molecule has 0 bridgehead atoms. The molecule has 2 amide bonds. The molecular formula is C22H29N5O3. The van der Waals surface area contributed by atoms with Crippen molar-refractivity contribution in [1.82, 2.24) is 25.2 Å². The first-order valence-electron chi connectivity index (χ1n) is 10.6. The molecule has 2 aliphatic heterocycles. The number of carbonyl (C=O) groups excluding carboxylic acids is 2. The molecule has 0 saturated carbocycles. The topological polar surface area (TPSA) is 89.4 Å². The highest BCUT2D eigenvalue weighted by atomic mass is 16.5. The normalized spacial score (nSPS) is 19.6. The van der Waals surface area contributed by atoms with E-state index in [1.54, 1.807) is 9.58 Å². The van der Waals surface area contributed by atoms with E-state index in [0.29, 0.717) is 44.8 Å². The van der Waals surface area contributed by atoms with Crippen LogP contribution in [0.3, 0.4) is 0 Å². The van der Waals surface area contributed by atoms with Crippen LogP contribution in [0.4, 0.5) is 0 Å². The first-order chi connectivity index (χ1) is 14.4. The maximum Gasteiger partial charge on any atom is 0.276 e. The number of nitrogens with one attached hydrogen (secondary N) is 1. The van der Waals surface area contributed by atoms with E-state index in [1.807, 2.05) is 13.8 Å². The fraction of sp³-hybridized carbons (Fsp3) is 0.545. The first kappa shape index (κ1) is 20.5. The second-order valence-corrected chi connectivity index (χ2v) is 8.51. The fourth-order valence-corrected chi connectivity index (χ4v) is 4.06. The van der Waals surface area contributed by atoms with Crippen LogP contribution >= 0.6 is 0 Å². The molecule has 0 radical (unpaired) electrons. The molecule has 1 atom stereocenters. The van der Waals surface area contributed by atoms with Crippen LogP contribution in [0.2, 0.25) is 0 Å². The molecule has 0 unspecified atom stereocenters. The van der Waals surface area contributed by atoms with Gasteiger partial charge in [0.05, 0.1) is 18.8 Å². The van der Waals surface area contributed by atoms with Crippen LogP contribution in [0.1, 0.15) is 60.1 Å². The maximum absolute atomic E-state index is 13.0. The average Bonchev–Trinajstić information content (AvgIpc) is 3.16. The van der Waals surface area contributed by atoms with Gasteiger partial charge >= 0.3 is 0 Å². The van der Waals surface area contributed by atoms with Gasteiger partial charge in [0.1, 0.15) is 6.10 Å². The Bertz CT molecular complexity index is 913. The third-order valence-corrected chi connectivity index (χ3v) is 5.83. The number of amides is 2. The number of hydrogen-bond donors (Lipinski definition) is 1. The Labute approximate surface area is 176 Å². The summed E-state index contributed by atoms with van der Waals surface area (Å²) in [6.07, 6.45) is 1.23. The van der Waals surface area contributed by atoms with Gasteiger partial charge in [0.15, 0.2) is 5.69 Å². The molecule has 2 aliphatic rings. The third-order valence-electron chi connectivity index (χ3n) is 5.83. The monoisotopic (exact) mass is 411 g/mol. The molecule has 8 nitrogen and oxygen atoms in total. The lowest BCUT2D eigenvalue weighted by atomic mass is 9.95. The van der Waals surface area contributed by atoms with Gasteiger partial charge in [-0.25, -0.2) is 4.68 Å². The zero-order valence-corrected chi connectivity index (χ0v) is 17.8. The van der Waals surface area contributed by atoms with E-state index in [1.165, 1.54) is 5.56 Å². The smallest absolute Gasteiger partial charge is 0.276 e. The minimum Gasteiger partial charge on any atom is -0.365 e. The lowest BCUT2D eigenvalue weighted by Crippen LogP contribution is -2.44. The van der Waals surface area contributed by atoms with Crippen LogP contribution in [0.5, 0.6) is 0 Å². The van der Waals surface area contributed by atoms with Crippen LogP contribution in [-0.2, 0) is 22.7 Å². The number of piperidine rings is 1. The zero-order chi connectivity index (χ0) is 21.3. The van der Waals surface area contributed by atoms with E-state index in [4.69, 9.17) is 4.74 Å². The summed E-state index contributed by atoms with van der Waals surface area (Å²) in [4.78, 5) is 27.0. The fourth-order valence-electron chi connectivity index (χ4n) is 4.06. The number of likely N-dealkylation sites (tertiary alicyclic amines) is 1. The molecule has 3 heterocycles. The Morgan fingerprint density at radius 1 is 1.17 bits per heavy atom. The Kier molecular flexibility index (Phi) is 5.85.